The zero-order chi connectivity index (χ0) is 58.6. The SMILES string of the molecule is CC/C=C\C/C=C\C/C=C\C/C=C\C/C=C\C/C=C\C/C=C\CCCC(=O)OC(COCCCCCCCCCCCCCC/C=C\C/C=C\CCCCCCC)COC1OC(COC2OC(CO)C(O)C(O)C2O)C(O)C(O)C1O. The quantitative estimate of drug-likeness (QED) is 0.0172. The van der Waals surface area contributed by atoms with E-state index in [0.29, 0.717) is 19.4 Å². The molecule has 2 aliphatic heterocycles. The van der Waals surface area contributed by atoms with Crippen molar-refractivity contribution >= 4 is 5.97 Å². The summed E-state index contributed by atoms with van der Waals surface area (Å²) in [5, 5.41) is 72.5. The summed E-state index contributed by atoms with van der Waals surface area (Å²) in [5.41, 5.74) is 0. The highest BCUT2D eigenvalue weighted by molar-refractivity contribution is 5.69. The van der Waals surface area contributed by atoms with Gasteiger partial charge in [0.1, 0.15) is 54.9 Å². The van der Waals surface area contributed by atoms with Gasteiger partial charge in [-0.3, -0.25) is 4.79 Å². The van der Waals surface area contributed by atoms with Gasteiger partial charge in [-0.15, -0.1) is 0 Å². The van der Waals surface area contributed by atoms with Crippen LogP contribution in [0.1, 0.15) is 206 Å². The third kappa shape index (κ3) is 38.3. The van der Waals surface area contributed by atoms with Gasteiger partial charge in [-0.05, 0) is 96.3 Å². The minimum Gasteiger partial charge on any atom is -0.457 e. The van der Waals surface area contributed by atoms with Crippen LogP contribution in [0.25, 0.3) is 0 Å². The number of hydrogen-bond acceptors (Lipinski definition) is 14. The molecule has 2 fully saturated rings. The molecule has 2 heterocycles. The van der Waals surface area contributed by atoms with Gasteiger partial charge in [-0.2, -0.15) is 0 Å². The highest BCUT2D eigenvalue weighted by Crippen LogP contribution is 2.27. The summed E-state index contributed by atoms with van der Waals surface area (Å²) in [5.74, 6) is -0.436. The van der Waals surface area contributed by atoms with E-state index in [9.17, 15) is 40.5 Å². The van der Waals surface area contributed by atoms with Gasteiger partial charge >= 0.3 is 5.97 Å². The summed E-state index contributed by atoms with van der Waals surface area (Å²) in [6, 6.07) is 0. The second-order valence-electron chi connectivity index (χ2n) is 21.5. The van der Waals surface area contributed by atoms with Gasteiger partial charge in [-0.25, -0.2) is 0 Å². The first-order valence-corrected chi connectivity index (χ1v) is 31.5. The van der Waals surface area contributed by atoms with Crippen LogP contribution in [-0.4, -0.2) is 142 Å². The number of allylic oxidation sites excluding steroid dienone is 18. The average Bonchev–Trinajstić information content (AvgIpc) is 3.46. The Morgan fingerprint density at radius 1 is 0.420 bits per heavy atom. The number of rotatable bonds is 50. The molecule has 14 nitrogen and oxygen atoms in total. The summed E-state index contributed by atoms with van der Waals surface area (Å²) >= 11 is 0. The van der Waals surface area contributed by atoms with Crippen LogP contribution in [0, 0.1) is 0 Å². The van der Waals surface area contributed by atoms with Crippen molar-refractivity contribution in [3.05, 3.63) is 109 Å². The van der Waals surface area contributed by atoms with Crippen LogP contribution in [0.3, 0.4) is 0 Å². The van der Waals surface area contributed by atoms with Crippen LogP contribution in [0.4, 0.5) is 0 Å². The molecule has 0 aliphatic carbocycles. The highest BCUT2D eigenvalue weighted by atomic mass is 16.7. The van der Waals surface area contributed by atoms with Crippen LogP contribution in [-0.2, 0) is 33.2 Å². The Balaban J connectivity index is 1.72. The Hall–Kier alpha value is -3.35. The molecule has 81 heavy (non-hydrogen) atoms. The smallest absolute Gasteiger partial charge is 0.306 e. The van der Waals surface area contributed by atoms with Gasteiger partial charge in [0, 0.05) is 13.0 Å². The summed E-state index contributed by atoms with van der Waals surface area (Å²) in [6.07, 6.45) is 55.8. The molecule has 0 spiro atoms. The van der Waals surface area contributed by atoms with E-state index in [-0.39, 0.29) is 19.6 Å². The van der Waals surface area contributed by atoms with E-state index in [2.05, 4.69) is 123 Å². The first kappa shape index (κ1) is 73.8. The highest BCUT2D eigenvalue weighted by Gasteiger charge is 2.47. The van der Waals surface area contributed by atoms with Gasteiger partial charge in [0.25, 0.3) is 0 Å². The zero-order valence-electron chi connectivity index (χ0n) is 50.0. The van der Waals surface area contributed by atoms with E-state index >= 15 is 0 Å². The maximum Gasteiger partial charge on any atom is 0.306 e. The number of carbonyl (C=O) groups is 1. The topological polar surface area (TPSA) is 214 Å². The first-order chi connectivity index (χ1) is 39.6. The fourth-order valence-corrected chi connectivity index (χ4v) is 9.25. The molecule has 7 N–H and O–H groups in total. The minimum absolute atomic E-state index is 0.0307. The Labute approximate surface area is 489 Å². The van der Waals surface area contributed by atoms with Gasteiger partial charge in [0.15, 0.2) is 12.6 Å². The number of ether oxygens (including phenoxy) is 6. The van der Waals surface area contributed by atoms with Crippen molar-refractivity contribution in [3.63, 3.8) is 0 Å². The van der Waals surface area contributed by atoms with Crippen LogP contribution in [0.2, 0.25) is 0 Å². The molecule has 0 aromatic rings. The second-order valence-corrected chi connectivity index (χ2v) is 21.5. The van der Waals surface area contributed by atoms with Gasteiger partial charge in [-0.1, -0.05) is 213 Å². The summed E-state index contributed by atoms with van der Waals surface area (Å²) < 4.78 is 34.4. The fraction of sp³-hybridized carbons (Fsp3) is 0.716. The van der Waals surface area contributed by atoms with Crippen LogP contribution in [0.5, 0.6) is 0 Å². The van der Waals surface area contributed by atoms with Gasteiger partial charge in [0.05, 0.1) is 26.4 Å². The maximum atomic E-state index is 13.1. The number of esters is 1. The number of hydrogen-bond donors (Lipinski definition) is 7. The summed E-state index contributed by atoms with van der Waals surface area (Å²) in [7, 11) is 0. The Kier molecular flexibility index (Phi) is 47.5. The molecule has 0 amide bonds. The van der Waals surface area contributed by atoms with Crippen molar-refractivity contribution in [2.75, 3.05) is 33.0 Å². The molecule has 2 aliphatic rings. The number of aliphatic hydroxyl groups is 7. The van der Waals surface area contributed by atoms with Gasteiger partial charge < -0.3 is 64.2 Å². The maximum absolute atomic E-state index is 13.1. The number of unbranched alkanes of at least 4 members (excludes halogenated alkanes) is 18. The van der Waals surface area contributed by atoms with Crippen LogP contribution in [0.15, 0.2) is 109 Å². The predicted molar refractivity (Wildman–Crippen MR) is 325 cm³/mol. The monoisotopic (exact) mass is 1140 g/mol. The molecular weight excluding hydrogens is 1030 g/mol. The fourth-order valence-electron chi connectivity index (χ4n) is 9.25. The van der Waals surface area contributed by atoms with Crippen molar-refractivity contribution in [2.24, 2.45) is 0 Å². The molecule has 2 rings (SSSR count). The molecule has 0 bridgehead atoms. The average molecular weight is 1140 g/mol. The van der Waals surface area contributed by atoms with E-state index in [1.54, 1.807) is 0 Å². The van der Waals surface area contributed by atoms with Crippen molar-refractivity contribution < 1.29 is 69.0 Å². The number of carbonyl (C=O) groups excluding carboxylic acids is 1. The molecule has 0 aromatic heterocycles. The lowest BCUT2D eigenvalue weighted by atomic mass is 9.98. The van der Waals surface area contributed by atoms with Crippen molar-refractivity contribution in [2.45, 2.75) is 274 Å². The molecule has 2 saturated heterocycles. The van der Waals surface area contributed by atoms with Crippen molar-refractivity contribution in [1.82, 2.24) is 0 Å². The lowest BCUT2D eigenvalue weighted by Gasteiger charge is -2.42. The lowest BCUT2D eigenvalue weighted by molar-refractivity contribution is -0.332. The lowest BCUT2D eigenvalue weighted by Crippen LogP contribution is -2.61. The molecule has 0 radical (unpaired) electrons. The Morgan fingerprint density at radius 2 is 0.802 bits per heavy atom. The van der Waals surface area contributed by atoms with E-state index in [1.165, 1.54) is 103 Å². The standard InChI is InChI=1S/C67H112O14/c1-3-5-7-9-11-13-15-17-19-21-23-25-27-29-31-33-35-37-39-41-43-45-47-49-51-76-53-56(54-77-66-65(75)63(73)61(71)58(81-66)55-78-67-64(74)62(72)60(70)57(52-68)80-67)79-59(69)50-48-46-44-42-40-38-36-34-32-30-28-26-24-22-20-18-16-14-12-10-8-6-4-2/h6,8,12,14-15,17-18,20-21,23-24,26,30,32,36,38,42,44,56-58,60-68,70-75H,3-5,7,9-11,13,16,19,22,25,27-29,31,33-35,37,39-41,43,45-55H2,1-2H3/b8-6-,14-12-,17-15-,20-18-,23-21-,26-24-,32-30-,38-36-,44-42-. The Bertz CT molecular complexity index is 1750. The summed E-state index contributed by atoms with van der Waals surface area (Å²) in [6.45, 7) is 3.48. The third-order valence-electron chi connectivity index (χ3n) is 14.3. The van der Waals surface area contributed by atoms with Crippen molar-refractivity contribution in [1.29, 1.82) is 0 Å². The van der Waals surface area contributed by atoms with Crippen LogP contribution < -0.4 is 0 Å². The van der Waals surface area contributed by atoms with Gasteiger partial charge in [0.2, 0.25) is 0 Å². The zero-order valence-corrected chi connectivity index (χ0v) is 50.0. The molecule has 11 unspecified atom stereocenters. The summed E-state index contributed by atoms with van der Waals surface area (Å²) in [4.78, 5) is 13.1. The largest absolute Gasteiger partial charge is 0.457 e. The van der Waals surface area contributed by atoms with E-state index in [0.717, 1.165) is 70.6 Å². The third-order valence-corrected chi connectivity index (χ3v) is 14.3. The molecule has 464 valence electrons. The second kappa shape index (κ2) is 52.2. The molecule has 14 heteroatoms. The van der Waals surface area contributed by atoms with E-state index < -0.39 is 86.7 Å². The number of aliphatic hydroxyl groups excluding tert-OH is 7. The molecular formula is C67H112O14. The Morgan fingerprint density at radius 3 is 1.26 bits per heavy atom. The molecule has 11 atom stereocenters. The van der Waals surface area contributed by atoms with E-state index in [1.807, 2.05) is 0 Å². The van der Waals surface area contributed by atoms with E-state index in [4.69, 9.17) is 28.4 Å². The minimum atomic E-state index is -1.72. The normalized spacial score (nSPS) is 24.5. The first-order valence-electron chi connectivity index (χ1n) is 31.5. The molecule has 0 aromatic carbocycles. The molecule has 0 saturated carbocycles. The predicted octanol–water partition coefficient (Wildman–Crippen LogP) is 12.3. The van der Waals surface area contributed by atoms with Crippen molar-refractivity contribution in [3.8, 4) is 0 Å². The van der Waals surface area contributed by atoms with Crippen LogP contribution >= 0.6 is 0 Å².